The van der Waals surface area contributed by atoms with Crippen LogP contribution in [0.3, 0.4) is 0 Å². The van der Waals surface area contributed by atoms with Crippen molar-refractivity contribution in [2.75, 3.05) is 0 Å². The van der Waals surface area contributed by atoms with Crippen molar-refractivity contribution < 1.29 is 4.92 Å². The monoisotopic (exact) mass is 212 g/mol. The van der Waals surface area contributed by atoms with Gasteiger partial charge in [0, 0.05) is 18.1 Å². The summed E-state index contributed by atoms with van der Waals surface area (Å²) in [6.07, 6.45) is 11.7. The minimum Gasteiger partial charge on any atom is -0.258 e. The highest BCUT2D eigenvalue weighted by atomic mass is 16.6. The number of nitrogens with zero attached hydrogens (tertiary/aromatic N) is 1. The van der Waals surface area contributed by atoms with Gasteiger partial charge in [0.05, 0.1) is 4.92 Å². The molecule has 16 heavy (non-hydrogen) atoms. The first kappa shape index (κ1) is 10.9. The van der Waals surface area contributed by atoms with Crippen LogP contribution in [-0.4, -0.2) is 4.92 Å². The average molecular weight is 212 g/mol. The van der Waals surface area contributed by atoms with Crippen molar-refractivity contribution in [1.29, 1.82) is 0 Å². The van der Waals surface area contributed by atoms with Gasteiger partial charge in [0.2, 0.25) is 0 Å². The summed E-state index contributed by atoms with van der Waals surface area (Å²) in [6, 6.07) is 6.56. The number of rotatable bonds is 3. The Morgan fingerprint density at radius 2 is 1.88 bits per heavy atom. The highest BCUT2D eigenvalue weighted by Gasteiger charge is 2.13. The van der Waals surface area contributed by atoms with Crippen LogP contribution in [0.4, 0.5) is 5.69 Å². The van der Waals surface area contributed by atoms with Gasteiger partial charge in [0.1, 0.15) is 0 Å². The second-order valence-electron chi connectivity index (χ2n) is 3.40. The molecule has 1 aromatic carbocycles. The summed E-state index contributed by atoms with van der Waals surface area (Å²) in [5.74, 6) is 1.09. The minimum absolute atomic E-state index is 0.115. The van der Waals surface area contributed by atoms with E-state index >= 15 is 0 Å². The predicted molar refractivity (Wildman–Crippen MR) is 62.6 cm³/mol. The van der Waals surface area contributed by atoms with E-state index in [9.17, 15) is 10.1 Å². The van der Waals surface area contributed by atoms with Gasteiger partial charge < -0.3 is 0 Å². The van der Waals surface area contributed by atoms with Gasteiger partial charge in [-0.25, -0.2) is 0 Å². The summed E-state index contributed by atoms with van der Waals surface area (Å²) in [5.41, 5.74) is 0.944. The molecule has 1 saturated carbocycles. The van der Waals surface area contributed by atoms with E-state index in [-0.39, 0.29) is 10.6 Å². The van der Waals surface area contributed by atoms with Crippen LogP contribution in [0.5, 0.6) is 0 Å². The van der Waals surface area contributed by atoms with Crippen LogP contribution >= 0.6 is 0 Å². The lowest BCUT2D eigenvalue weighted by Gasteiger charge is -1.98. The Kier molecular flexibility index (Phi) is 3.34. The van der Waals surface area contributed by atoms with Gasteiger partial charge in [-0.3, -0.25) is 10.1 Å². The Morgan fingerprint density at radius 3 is 2.56 bits per heavy atom. The smallest absolute Gasteiger partial charge is 0.258 e. The van der Waals surface area contributed by atoms with Crippen molar-refractivity contribution in [3.8, 4) is 0 Å². The summed E-state index contributed by atoms with van der Waals surface area (Å²) < 4.78 is 0. The van der Waals surface area contributed by atoms with Gasteiger partial charge in [-0.2, -0.15) is 0 Å². The van der Waals surface area contributed by atoms with Crippen molar-refractivity contribution in [3.63, 3.8) is 0 Å². The molecule has 0 atom stereocenters. The summed E-state index contributed by atoms with van der Waals surface area (Å²) in [7, 11) is 0. The first-order chi connectivity index (χ1) is 7.75. The van der Waals surface area contributed by atoms with Crippen LogP contribution < -0.4 is 0 Å². The molecule has 1 aliphatic rings. The lowest BCUT2D eigenvalue weighted by Crippen LogP contribution is -1.88. The van der Waals surface area contributed by atoms with Gasteiger partial charge in [0.15, 0.2) is 0 Å². The maximum Gasteiger partial charge on any atom is 0.270 e. The minimum atomic E-state index is -0.389. The molecule has 79 valence electrons. The van der Waals surface area contributed by atoms with E-state index in [1.807, 2.05) is 43.9 Å². The normalized spacial score (nSPS) is 17.0. The highest BCUT2D eigenvalue weighted by Crippen LogP contribution is 2.25. The molecule has 0 unspecified atom stereocenters. The molecule has 0 aromatic heterocycles. The lowest BCUT2D eigenvalue weighted by atomic mass is 10.1. The van der Waals surface area contributed by atoms with Crippen molar-refractivity contribution in [1.82, 2.24) is 0 Å². The van der Waals surface area contributed by atoms with Gasteiger partial charge in [-0.15, -0.1) is 0 Å². The molecular weight excluding hydrogens is 202 g/mol. The third kappa shape index (κ3) is 2.69. The number of hydrogen-bond donors (Lipinski definition) is 0. The summed E-state index contributed by atoms with van der Waals surface area (Å²) >= 11 is 0. The fourth-order valence-electron chi connectivity index (χ4n) is 1.43. The number of benzene rings is 1. The number of non-ortho nitro benzene ring substituents is 1. The van der Waals surface area contributed by atoms with Gasteiger partial charge in [0.25, 0.3) is 5.69 Å². The zero-order valence-electron chi connectivity index (χ0n) is 8.54. The van der Waals surface area contributed by atoms with Gasteiger partial charge in [-0.1, -0.05) is 24.3 Å². The molecule has 0 spiro atoms. The fraction of sp³-hybridized carbons (Fsp3) is 0. The second kappa shape index (κ2) is 4.92. The number of allylic oxidation sites excluding steroid dienone is 1. The molecular formula is C13H10NO2. The SMILES string of the molecule is O=[N+]([O-])c1cccc(/C=C/[C]2[CH][CH][CH][CH]2)c1. The molecule has 0 saturated heterocycles. The summed E-state index contributed by atoms with van der Waals surface area (Å²) in [6.45, 7) is 0. The second-order valence-corrected chi connectivity index (χ2v) is 3.40. The Labute approximate surface area is 94.9 Å². The number of nitro groups is 1. The molecule has 1 aromatic rings. The highest BCUT2D eigenvalue weighted by molar-refractivity contribution is 5.58. The maximum absolute atomic E-state index is 10.6. The van der Waals surface area contributed by atoms with Gasteiger partial charge >= 0.3 is 0 Å². The van der Waals surface area contributed by atoms with Crippen LogP contribution in [0.2, 0.25) is 0 Å². The average Bonchev–Trinajstić information content (AvgIpc) is 2.79. The van der Waals surface area contributed by atoms with E-state index in [1.165, 1.54) is 6.07 Å². The van der Waals surface area contributed by atoms with E-state index in [1.54, 1.807) is 12.1 Å². The zero-order chi connectivity index (χ0) is 11.4. The topological polar surface area (TPSA) is 43.1 Å². The van der Waals surface area contributed by atoms with E-state index in [4.69, 9.17) is 0 Å². The van der Waals surface area contributed by atoms with Crippen LogP contribution in [-0.2, 0) is 0 Å². The Morgan fingerprint density at radius 1 is 1.12 bits per heavy atom. The van der Waals surface area contributed by atoms with Crippen molar-refractivity contribution >= 4 is 11.8 Å². The quantitative estimate of drug-likeness (QED) is 0.571. The Bertz CT molecular complexity index is 406. The molecule has 0 aliphatic heterocycles. The van der Waals surface area contributed by atoms with Crippen LogP contribution in [0.15, 0.2) is 30.3 Å². The standard InChI is InChI=1S/C13H10NO2/c15-14(16)13-7-3-6-12(10-13)9-8-11-4-1-2-5-11/h1-10H/b9-8+. The maximum atomic E-state index is 10.6. The molecule has 5 radical (unpaired) electrons. The van der Waals surface area contributed by atoms with E-state index in [0.717, 1.165) is 11.5 Å². The summed E-state index contributed by atoms with van der Waals surface area (Å²) in [4.78, 5) is 10.2. The van der Waals surface area contributed by atoms with Crippen LogP contribution in [0, 0.1) is 41.7 Å². The molecule has 1 aliphatic carbocycles. The predicted octanol–water partition coefficient (Wildman–Crippen LogP) is 3.01. The van der Waals surface area contributed by atoms with E-state index in [0.29, 0.717) is 0 Å². The number of nitro benzene ring substituents is 1. The van der Waals surface area contributed by atoms with Crippen molar-refractivity contribution in [2.24, 2.45) is 0 Å². The van der Waals surface area contributed by atoms with E-state index < -0.39 is 0 Å². The molecule has 0 heterocycles. The molecule has 2 rings (SSSR count). The Hall–Kier alpha value is -1.64. The molecule has 3 nitrogen and oxygen atoms in total. The molecule has 0 bridgehead atoms. The molecule has 0 amide bonds. The van der Waals surface area contributed by atoms with Gasteiger partial charge in [-0.05, 0) is 31.2 Å². The van der Waals surface area contributed by atoms with Crippen molar-refractivity contribution in [2.45, 2.75) is 0 Å². The summed E-state index contributed by atoms with van der Waals surface area (Å²) in [5, 5.41) is 10.6. The largest absolute Gasteiger partial charge is 0.270 e. The third-order valence-corrected chi connectivity index (χ3v) is 2.24. The lowest BCUT2D eigenvalue weighted by molar-refractivity contribution is -0.384. The Balaban J connectivity index is 2.08. The van der Waals surface area contributed by atoms with Crippen LogP contribution in [0.25, 0.3) is 6.08 Å². The molecule has 1 fully saturated rings. The molecule has 0 N–H and O–H groups in total. The van der Waals surface area contributed by atoms with Crippen molar-refractivity contribution in [3.05, 3.63) is 77.6 Å². The third-order valence-electron chi connectivity index (χ3n) is 2.24. The van der Waals surface area contributed by atoms with E-state index in [2.05, 4.69) is 0 Å². The first-order valence-electron chi connectivity index (χ1n) is 4.90. The molecule has 3 heteroatoms. The number of hydrogen-bond acceptors (Lipinski definition) is 2. The fourth-order valence-corrected chi connectivity index (χ4v) is 1.43. The zero-order valence-corrected chi connectivity index (χ0v) is 8.54. The first-order valence-corrected chi connectivity index (χ1v) is 4.90. The van der Waals surface area contributed by atoms with Crippen LogP contribution in [0.1, 0.15) is 5.56 Å².